The van der Waals surface area contributed by atoms with Gasteiger partial charge in [0.25, 0.3) is 0 Å². The first-order valence-electron chi connectivity index (χ1n) is 6.22. The Labute approximate surface area is 107 Å². The molecule has 5 nitrogen and oxygen atoms in total. The Balaban J connectivity index is 0.000000163. The highest BCUT2D eigenvalue weighted by Gasteiger charge is 2.27. The van der Waals surface area contributed by atoms with Crippen LogP contribution in [0.3, 0.4) is 0 Å². The number of carbonyl (C=O) groups excluding carboxylic acids is 1. The monoisotopic (exact) mass is 248 g/mol. The minimum absolute atomic E-state index is 0.333. The number of carbonyl (C=O) groups is 1. The van der Waals surface area contributed by atoms with Crippen molar-refractivity contribution in [2.75, 3.05) is 5.73 Å². The molecule has 0 bridgehead atoms. The van der Waals surface area contributed by atoms with Crippen LogP contribution >= 0.6 is 0 Å². The summed E-state index contributed by atoms with van der Waals surface area (Å²) in [4.78, 5) is 9.99. The van der Waals surface area contributed by atoms with E-state index in [1.54, 1.807) is 0 Å². The number of nitrogen functional groups attached to an aromatic ring is 1. The van der Waals surface area contributed by atoms with E-state index >= 15 is 0 Å². The minimum atomic E-state index is 0.333. The second kappa shape index (κ2) is 6.80. The number of rotatable bonds is 3. The van der Waals surface area contributed by atoms with E-state index in [4.69, 9.17) is 11.0 Å². The lowest BCUT2D eigenvalue weighted by molar-refractivity contribution is -0.111. The number of aromatic nitrogens is 2. The Kier molecular flexibility index (Phi) is 5.37. The van der Waals surface area contributed by atoms with Crippen LogP contribution in [0.15, 0.2) is 6.20 Å². The molecule has 2 aliphatic carbocycles. The average Bonchev–Trinajstić information content (AvgIpc) is 3.31. The fourth-order valence-electron chi connectivity index (χ4n) is 1.76. The number of H-pyrrole nitrogens is 1. The van der Waals surface area contributed by atoms with Crippen LogP contribution in [-0.4, -0.2) is 16.5 Å². The van der Waals surface area contributed by atoms with Gasteiger partial charge in [0, 0.05) is 18.1 Å². The third-order valence-corrected chi connectivity index (χ3v) is 3.30. The van der Waals surface area contributed by atoms with Crippen LogP contribution in [0.5, 0.6) is 0 Å². The molecule has 3 rings (SSSR count). The van der Waals surface area contributed by atoms with Gasteiger partial charge in [-0.1, -0.05) is 6.92 Å². The first-order chi connectivity index (χ1) is 8.72. The van der Waals surface area contributed by atoms with Gasteiger partial charge in [-0.3, -0.25) is 5.10 Å². The zero-order chi connectivity index (χ0) is 13.5. The van der Waals surface area contributed by atoms with Crippen molar-refractivity contribution in [1.29, 1.82) is 5.26 Å². The third kappa shape index (κ3) is 4.21. The van der Waals surface area contributed by atoms with Crippen LogP contribution in [0.1, 0.15) is 44.1 Å². The van der Waals surface area contributed by atoms with Gasteiger partial charge in [0.1, 0.15) is 12.1 Å². The van der Waals surface area contributed by atoms with E-state index in [1.165, 1.54) is 31.2 Å². The first kappa shape index (κ1) is 14.2. The van der Waals surface area contributed by atoms with Gasteiger partial charge in [0.05, 0.1) is 6.20 Å². The molecule has 1 heterocycles. The fraction of sp³-hybridized carbons (Fsp3) is 0.615. The first-order valence-corrected chi connectivity index (χ1v) is 6.22. The standard InChI is InChI=1S/C6H9N3.C6H10O.CHN/c7-6-5(3-8-9-6)4-1-2-4;1-5(4-7)6-2-3-6;1-2/h3-4H,1-2H2,(H3,7,8,9);4-6H,2-3H2,1H3;1H. The summed E-state index contributed by atoms with van der Waals surface area (Å²) in [7, 11) is 0. The molecule has 0 aromatic carbocycles. The van der Waals surface area contributed by atoms with Gasteiger partial charge in [-0.15, -0.1) is 0 Å². The van der Waals surface area contributed by atoms with Crippen molar-refractivity contribution in [3.63, 3.8) is 0 Å². The number of hydrogen-bond donors (Lipinski definition) is 2. The van der Waals surface area contributed by atoms with E-state index in [2.05, 4.69) is 16.8 Å². The van der Waals surface area contributed by atoms with E-state index in [-0.39, 0.29) is 0 Å². The highest BCUT2D eigenvalue weighted by atomic mass is 16.1. The molecule has 0 radical (unpaired) electrons. The van der Waals surface area contributed by atoms with Crippen LogP contribution in [0.2, 0.25) is 0 Å². The van der Waals surface area contributed by atoms with Crippen molar-refractivity contribution in [1.82, 2.24) is 10.2 Å². The molecular weight excluding hydrogens is 228 g/mol. The number of hydrogen-bond acceptors (Lipinski definition) is 4. The van der Waals surface area contributed by atoms with E-state index < -0.39 is 0 Å². The van der Waals surface area contributed by atoms with Crippen molar-refractivity contribution in [2.24, 2.45) is 11.8 Å². The van der Waals surface area contributed by atoms with Gasteiger partial charge in [-0.2, -0.15) is 5.10 Å². The van der Waals surface area contributed by atoms with Gasteiger partial charge in [-0.25, -0.2) is 5.26 Å². The maximum Gasteiger partial charge on any atom is 0.123 e. The summed E-state index contributed by atoms with van der Waals surface area (Å²) < 4.78 is 0. The van der Waals surface area contributed by atoms with Crippen molar-refractivity contribution in [3.05, 3.63) is 11.8 Å². The molecule has 18 heavy (non-hydrogen) atoms. The lowest BCUT2D eigenvalue weighted by Crippen LogP contribution is -1.95. The predicted molar refractivity (Wildman–Crippen MR) is 69.6 cm³/mol. The molecule has 1 unspecified atom stereocenters. The van der Waals surface area contributed by atoms with E-state index in [1.807, 2.05) is 13.1 Å². The van der Waals surface area contributed by atoms with Gasteiger partial charge in [-0.05, 0) is 37.5 Å². The molecule has 1 aromatic heterocycles. The molecule has 3 N–H and O–H groups in total. The molecule has 5 heteroatoms. The van der Waals surface area contributed by atoms with Crippen molar-refractivity contribution < 1.29 is 4.79 Å². The second-order valence-corrected chi connectivity index (χ2v) is 4.85. The number of aldehydes is 1. The smallest absolute Gasteiger partial charge is 0.123 e. The normalized spacial score (nSPS) is 18.6. The second-order valence-electron chi connectivity index (χ2n) is 4.85. The lowest BCUT2D eigenvalue weighted by atomic mass is 10.1. The fourth-order valence-corrected chi connectivity index (χ4v) is 1.76. The van der Waals surface area contributed by atoms with E-state index in [0.717, 1.165) is 18.0 Å². The third-order valence-electron chi connectivity index (χ3n) is 3.30. The van der Waals surface area contributed by atoms with Crippen LogP contribution < -0.4 is 5.73 Å². The Bertz CT molecular complexity index is 391. The molecule has 0 saturated heterocycles. The quantitative estimate of drug-likeness (QED) is 0.802. The largest absolute Gasteiger partial charge is 0.384 e. The summed E-state index contributed by atoms with van der Waals surface area (Å²) in [5.41, 5.74) is 6.77. The van der Waals surface area contributed by atoms with E-state index in [0.29, 0.717) is 11.8 Å². The molecule has 0 aliphatic heterocycles. The summed E-state index contributed by atoms with van der Waals surface area (Å²) in [5.74, 6) is 2.54. The maximum atomic E-state index is 9.99. The summed E-state index contributed by atoms with van der Waals surface area (Å²) in [6, 6.07) is 0. The Morgan fingerprint density at radius 1 is 1.50 bits per heavy atom. The van der Waals surface area contributed by atoms with Gasteiger partial charge < -0.3 is 10.5 Å². The molecule has 0 amide bonds. The van der Waals surface area contributed by atoms with Crippen LogP contribution in [0, 0.1) is 23.7 Å². The summed E-state index contributed by atoms with van der Waals surface area (Å²) in [6.07, 6.45) is 8.00. The molecule has 2 saturated carbocycles. The maximum absolute atomic E-state index is 9.99. The van der Waals surface area contributed by atoms with Crippen LogP contribution in [0.25, 0.3) is 0 Å². The highest BCUT2D eigenvalue weighted by Crippen LogP contribution is 2.41. The van der Waals surface area contributed by atoms with Gasteiger partial charge in [0.2, 0.25) is 0 Å². The van der Waals surface area contributed by atoms with Gasteiger partial charge in [0.15, 0.2) is 0 Å². The molecule has 2 aliphatic rings. The lowest BCUT2D eigenvalue weighted by Gasteiger charge is -1.93. The molecular formula is C13H20N4O. The molecule has 2 fully saturated rings. The summed E-state index contributed by atoms with van der Waals surface area (Å²) in [6.45, 7) is 5.49. The van der Waals surface area contributed by atoms with Crippen molar-refractivity contribution in [3.8, 4) is 6.57 Å². The van der Waals surface area contributed by atoms with Crippen molar-refractivity contribution >= 4 is 12.1 Å². The Hall–Kier alpha value is -1.83. The number of anilines is 1. The Morgan fingerprint density at radius 3 is 2.39 bits per heavy atom. The number of nitrogens with two attached hydrogens (primary N) is 1. The zero-order valence-corrected chi connectivity index (χ0v) is 10.7. The Morgan fingerprint density at radius 2 is 2.11 bits per heavy atom. The highest BCUT2D eigenvalue weighted by molar-refractivity contribution is 5.53. The topological polar surface area (TPSA) is 95.6 Å². The SMILES string of the molecule is C#N.CC(C=O)C1CC1.Nc1[nH]ncc1C1CC1. The number of nitrogens with zero attached hydrogens (tertiary/aromatic N) is 2. The molecule has 1 aromatic rings. The summed E-state index contributed by atoms with van der Waals surface area (Å²) >= 11 is 0. The number of nitrogens with one attached hydrogen (secondary N) is 1. The van der Waals surface area contributed by atoms with E-state index in [9.17, 15) is 4.79 Å². The summed E-state index contributed by atoms with van der Waals surface area (Å²) in [5, 5.41) is 13.1. The number of aromatic amines is 1. The van der Waals surface area contributed by atoms with Crippen LogP contribution in [-0.2, 0) is 4.79 Å². The minimum Gasteiger partial charge on any atom is -0.384 e. The molecule has 1 atom stereocenters. The van der Waals surface area contributed by atoms with Gasteiger partial charge >= 0.3 is 0 Å². The van der Waals surface area contributed by atoms with Crippen LogP contribution in [0.4, 0.5) is 5.82 Å². The predicted octanol–water partition coefficient (Wildman–Crippen LogP) is 2.24. The molecule has 98 valence electrons. The average molecular weight is 248 g/mol. The zero-order valence-electron chi connectivity index (χ0n) is 10.7. The number of nitriles is 1. The molecule has 0 spiro atoms. The van der Waals surface area contributed by atoms with Crippen molar-refractivity contribution in [2.45, 2.75) is 38.5 Å².